The van der Waals surface area contributed by atoms with Crippen LogP contribution in [0.3, 0.4) is 0 Å². The number of non-ortho nitro benzene ring substituents is 1. The summed E-state index contributed by atoms with van der Waals surface area (Å²) in [5, 5.41) is 20.9. The van der Waals surface area contributed by atoms with Crippen LogP contribution in [0.5, 0.6) is 0 Å². The number of nitro groups is 1. The van der Waals surface area contributed by atoms with Gasteiger partial charge < -0.3 is 4.42 Å². The van der Waals surface area contributed by atoms with Gasteiger partial charge in [0.25, 0.3) is 11.6 Å². The summed E-state index contributed by atoms with van der Waals surface area (Å²) in [6.07, 6.45) is 0.647. The van der Waals surface area contributed by atoms with Crippen molar-refractivity contribution in [2.45, 2.75) is 33.2 Å². The number of rotatable bonds is 4. The molecule has 0 unspecified atom stereocenters. The average Bonchev–Trinajstić information content (AvgIpc) is 3.38. The molecule has 3 heterocycles. The van der Waals surface area contributed by atoms with E-state index < -0.39 is 16.9 Å². The van der Waals surface area contributed by atoms with Crippen molar-refractivity contribution in [2.24, 2.45) is 0 Å². The van der Waals surface area contributed by atoms with E-state index in [1.54, 1.807) is 24.3 Å². The highest BCUT2D eigenvalue weighted by atomic mass is 32.1. The fourth-order valence-corrected chi connectivity index (χ4v) is 4.81. The molecule has 0 spiro atoms. The number of nitrogens with zero attached hydrogens (tertiary/aromatic N) is 4. The van der Waals surface area contributed by atoms with Crippen LogP contribution in [-0.2, 0) is 6.42 Å². The molecule has 0 saturated heterocycles. The lowest BCUT2D eigenvalue weighted by molar-refractivity contribution is -0.384. The number of aromatic nitrogens is 2. The molecule has 0 radical (unpaired) electrons. The van der Waals surface area contributed by atoms with Gasteiger partial charge in [0.2, 0.25) is 10.9 Å². The first-order chi connectivity index (χ1) is 15.8. The van der Waals surface area contributed by atoms with Crippen LogP contribution in [0.4, 0.5) is 10.8 Å². The normalized spacial score (nSPS) is 15.3. The molecule has 1 amide bonds. The van der Waals surface area contributed by atoms with E-state index in [0.29, 0.717) is 28.1 Å². The maximum atomic E-state index is 13.6. The molecule has 0 fully saturated rings. The van der Waals surface area contributed by atoms with E-state index in [2.05, 4.69) is 10.2 Å². The van der Waals surface area contributed by atoms with Gasteiger partial charge in [0, 0.05) is 12.1 Å². The molecular weight excluding hydrogens is 444 g/mol. The van der Waals surface area contributed by atoms with Crippen molar-refractivity contribution in [1.82, 2.24) is 10.2 Å². The number of hydrogen-bond donors (Lipinski definition) is 0. The number of carbonyl (C=O) groups excluding carboxylic acids is 1. The Morgan fingerprint density at radius 2 is 1.82 bits per heavy atom. The van der Waals surface area contributed by atoms with Gasteiger partial charge in [0.1, 0.15) is 10.6 Å². The predicted octanol–water partition coefficient (Wildman–Crippen LogP) is 4.48. The molecule has 4 aromatic rings. The monoisotopic (exact) mass is 462 g/mol. The smallest absolute Gasteiger partial charge is 0.297 e. The van der Waals surface area contributed by atoms with Crippen molar-refractivity contribution < 1.29 is 14.1 Å². The Bertz CT molecular complexity index is 1510. The molecule has 0 N–H and O–H groups in total. The van der Waals surface area contributed by atoms with Gasteiger partial charge in [0.15, 0.2) is 5.43 Å². The Kier molecular flexibility index (Phi) is 4.82. The highest BCUT2D eigenvalue weighted by Crippen LogP contribution is 2.42. The van der Waals surface area contributed by atoms with Crippen molar-refractivity contribution in [3.63, 3.8) is 0 Å². The summed E-state index contributed by atoms with van der Waals surface area (Å²) < 4.78 is 5.99. The molecule has 5 rings (SSSR count). The quantitative estimate of drug-likeness (QED) is 0.324. The molecule has 1 aliphatic heterocycles. The maximum Gasteiger partial charge on any atom is 0.297 e. The number of anilines is 1. The lowest BCUT2D eigenvalue weighted by Crippen LogP contribution is -2.29. The zero-order chi connectivity index (χ0) is 23.4. The van der Waals surface area contributed by atoms with Gasteiger partial charge in [-0.05, 0) is 61.2 Å². The van der Waals surface area contributed by atoms with Crippen molar-refractivity contribution in [3.05, 3.63) is 89.8 Å². The third-order valence-corrected chi connectivity index (χ3v) is 6.94. The predicted molar refractivity (Wildman–Crippen MR) is 123 cm³/mol. The second kappa shape index (κ2) is 7.59. The molecule has 2 aromatic heterocycles. The summed E-state index contributed by atoms with van der Waals surface area (Å²) in [4.78, 5) is 39.2. The standard InChI is InChI=1S/C23H18N4O5S/c1-4-17-24-25-23(33-17)26-19(13-5-7-14(8-6-13)27(30)31)18-20(28)15-9-11(2)12(3)10-16(15)32-21(18)22(26)29/h5-10,19H,4H2,1-3H3/t19-/m0/s1. The number of fused-ring (bicyclic) bond motifs is 2. The minimum absolute atomic E-state index is 0.0487. The summed E-state index contributed by atoms with van der Waals surface area (Å²) in [5.74, 6) is -0.545. The van der Waals surface area contributed by atoms with Gasteiger partial charge in [-0.25, -0.2) is 0 Å². The van der Waals surface area contributed by atoms with Crippen LogP contribution >= 0.6 is 11.3 Å². The number of amides is 1. The third kappa shape index (κ3) is 3.21. The van der Waals surface area contributed by atoms with E-state index in [9.17, 15) is 19.7 Å². The summed E-state index contributed by atoms with van der Waals surface area (Å²) >= 11 is 1.26. The van der Waals surface area contributed by atoms with Gasteiger partial charge in [0.05, 0.1) is 21.9 Å². The zero-order valence-corrected chi connectivity index (χ0v) is 18.8. The largest absolute Gasteiger partial charge is 0.450 e. The van der Waals surface area contributed by atoms with Crippen molar-refractivity contribution in [3.8, 4) is 0 Å². The van der Waals surface area contributed by atoms with Crippen LogP contribution in [0.15, 0.2) is 45.6 Å². The van der Waals surface area contributed by atoms with E-state index >= 15 is 0 Å². The summed E-state index contributed by atoms with van der Waals surface area (Å²) in [5.41, 5.74) is 2.54. The molecule has 1 atom stereocenters. The molecule has 2 aromatic carbocycles. The molecule has 33 heavy (non-hydrogen) atoms. The Morgan fingerprint density at radius 1 is 1.12 bits per heavy atom. The molecule has 0 saturated carbocycles. The highest BCUT2D eigenvalue weighted by molar-refractivity contribution is 7.15. The zero-order valence-electron chi connectivity index (χ0n) is 18.0. The molecule has 9 nitrogen and oxygen atoms in total. The van der Waals surface area contributed by atoms with E-state index in [-0.39, 0.29) is 22.4 Å². The number of carbonyl (C=O) groups is 1. The van der Waals surface area contributed by atoms with Crippen LogP contribution in [0, 0.1) is 24.0 Å². The van der Waals surface area contributed by atoms with Crippen LogP contribution in [0.2, 0.25) is 0 Å². The Morgan fingerprint density at radius 3 is 2.45 bits per heavy atom. The Hall–Kier alpha value is -3.92. The first-order valence-corrected chi connectivity index (χ1v) is 11.1. The number of benzene rings is 2. The summed E-state index contributed by atoms with van der Waals surface area (Å²) in [6, 6.07) is 8.47. The van der Waals surface area contributed by atoms with E-state index in [1.807, 2.05) is 20.8 Å². The van der Waals surface area contributed by atoms with Gasteiger partial charge in [-0.15, -0.1) is 10.2 Å². The van der Waals surface area contributed by atoms with E-state index in [4.69, 9.17) is 4.42 Å². The maximum absolute atomic E-state index is 13.6. The summed E-state index contributed by atoms with van der Waals surface area (Å²) in [6.45, 7) is 5.74. The van der Waals surface area contributed by atoms with Gasteiger partial charge in [-0.3, -0.25) is 24.6 Å². The second-order valence-corrected chi connectivity index (χ2v) is 8.91. The van der Waals surface area contributed by atoms with Crippen molar-refractivity contribution in [1.29, 1.82) is 0 Å². The SMILES string of the molecule is CCc1nnc(N2C(=O)c3oc4cc(C)c(C)cc4c(=O)c3[C@@H]2c2ccc([N+](=O)[O-])cc2)s1. The lowest BCUT2D eigenvalue weighted by atomic mass is 9.97. The van der Waals surface area contributed by atoms with Crippen LogP contribution in [-0.4, -0.2) is 21.0 Å². The fourth-order valence-electron chi connectivity index (χ4n) is 4.00. The molecule has 166 valence electrons. The van der Waals surface area contributed by atoms with Crippen molar-refractivity contribution in [2.75, 3.05) is 4.90 Å². The first-order valence-electron chi connectivity index (χ1n) is 10.3. The molecular formula is C23H18N4O5S. The first kappa shape index (κ1) is 21.0. The fraction of sp³-hybridized carbons (Fsp3) is 0.217. The van der Waals surface area contributed by atoms with Crippen LogP contribution < -0.4 is 10.3 Å². The lowest BCUT2D eigenvalue weighted by Gasteiger charge is -2.21. The molecule has 0 aliphatic carbocycles. The van der Waals surface area contributed by atoms with Crippen molar-refractivity contribution >= 4 is 39.0 Å². The minimum Gasteiger partial charge on any atom is -0.450 e. The van der Waals surface area contributed by atoms with E-state index in [1.165, 1.54) is 28.4 Å². The van der Waals surface area contributed by atoms with Gasteiger partial charge in [-0.1, -0.05) is 18.3 Å². The molecule has 0 bridgehead atoms. The number of aryl methyl sites for hydroxylation is 3. The number of hydrogen-bond acceptors (Lipinski definition) is 8. The number of nitro benzene ring substituents is 1. The Balaban J connectivity index is 1.78. The Labute approximate surface area is 191 Å². The highest BCUT2D eigenvalue weighted by Gasteiger charge is 2.45. The van der Waals surface area contributed by atoms with Crippen LogP contribution in [0.1, 0.15) is 50.8 Å². The average molecular weight is 462 g/mol. The van der Waals surface area contributed by atoms with E-state index in [0.717, 1.165) is 16.1 Å². The molecule has 1 aliphatic rings. The molecule has 10 heteroatoms. The minimum atomic E-state index is -0.840. The van der Waals surface area contributed by atoms with Gasteiger partial charge >= 0.3 is 0 Å². The topological polar surface area (TPSA) is 119 Å². The van der Waals surface area contributed by atoms with Gasteiger partial charge in [-0.2, -0.15) is 0 Å². The van der Waals surface area contributed by atoms with Crippen LogP contribution in [0.25, 0.3) is 11.0 Å². The second-order valence-electron chi connectivity index (χ2n) is 7.86. The summed E-state index contributed by atoms with van der Waals surface area (Å²) in [7, 11) is 0. The third-order valence-electron chi connectivity index (χ3n) is 5.87.